The molecule has 1 aliphatic heterocycles. The van der Waals surface area contributed by atoms with Crippen molar-refractivity contribution in [2.24, 2.45) is 0 Å². The topological polar surface area (TPSA) is 175 Å². The molecule has 75 heavy (non-hydrogen) atoms. The first-order chi connectivity index (χ1) is 36.6. The van der Waals surface area contributed by atoms with E-state index in [2.05, 4.69) is 130 Å². The first-order valence-electron chi connectivity index (χ1n) is 27.8. The SMILES string of the molecule is CC/C=C\C/C=C\C/C=C\C/C=C\C/C=C\C/C=C\CCC(=O)OCC(COC1OC(C(=O)O)C(O)C(O)C1OC(=O)CCCCCCC/C=C\CCCC)OC(=O)C/C=C\C/C=C\C/C=C\C/C=C\C/C=C\CC. The second-order valence-corrected chi connectivity index (χ2v) is 18.1. The summed E-state index contributed by atoms with van der Waals surface area (Å²) in [5.74, 6) is -3.44. The molecule has 6 unspecified atom stereocenters. The van der Waals surface area contributed by atoms with Gasteiger partial charge < -0.3 is 39.0 Å². The summed E-state index contributed by atoms with van der Waals surface area (Å²) in [6.07, 6.45) is 58.7. The second kappa shape index (κ2) is 49.5. The first-order valence-corrected chi connectivity index (χ1v) is 27.8. The summed E-state index contributed by atoms with van der Waals surface area (Å²) in [5, 5.41) is 31.4. The van der Waals surface area contributed by atoms with Crippen LogP contribution in [0.15, 0.2) is 146 Å². The predicted octanol–water partition coefficient (Wildman–Crippen LogP) is 14.0. The Morgan fingerprint density at radius 3 is 1.40 bits per heavy atom. The molecule has 1 saturated heterocycles. The Hall–Kier alpha value is -5.40. The normalized spacial score (nSPS) is 19.3. The van der Waals surface area contributed by atoms with E-state index in [1.165, 1.54) is 12.8 Å². The number of allylic oxidation sites excluding steroid dienone is 23. The van der Waals surface area contributed by atoms with Crippen LogP contribution in [0, 0.1) is 0 Å². The summed E-state index contributed by atoms with van der Waals surface area (Å²) in [6.45, 7) is 5.53. The minimum absolute atomic E-state index is 0.0237. The predicted molar refractivity (Wildman–Crippen MR) is 302 cm³/mol. The number of esters is 3. The Balaban J connectivity index is 2.82. The van der Waals surface area contributed by atoms with Crippen LogP contribution in [0.3, 0.4) is 0 Å². The molecule has 0 radical (unpaired) electrons. The molecule has 3 N–H and O–H groups in total. The zero-order valence-corrected chi connectivity index (χ0v) is 45.7. The van der Waals surface area contributed by atoms with Gasteiger partial charge in [0.1, 0.15) is 18.8 Å². The van der Waals surface area contributed by atoms with Crippen molar-refractivity contribution in [2.45, 2.75) is 212 Å². The van der Waals surface area contributed by atoms with Crippen molar-refractivity contribution >= 4 is 23.9 Å². The van der Waals surface area contributed by atoms with E-state index in [0.717, 1.165) is 96.3 Å². The lowest BCUT2D eigenvalue weighted by molar-refractivity contribution is -0.301. The summed E-state index contributed by atoms with van der Waals surface area (Å²) >= 11 is 0. The molecule has 0 aromatic carbocycles. The van der Waals surface area contributed by atoms with Gasteiger partial charge in [-0.1, -0.05) is 199 Å². The Kier molecular flexibility index (Phi) is 44.6. The molecule has 0 aromatic heterocycles. The molecule has 418 valence electrons. The Morgan fingerprint density at radius 1 is 0.467 bits per heavy atom. The molecule has 12 nitrogen and oxygen atoms in total. The highest BCUT2D eigenvalue weighted by molar-refractivity contribution is 5.74. The third-order valence-corrected chi connectivity index (χ3v) is 11.4. The standard InChI is InChI=1S/C63H94O12/c1-4-7-10-13-16-19-22-24-26-27-28-29-31-32-35-37-40-43-46-49-55(64)71-52-54(73-56(65)50-47-44-41-39-36-33-30-25-23-20-17-14-11-8-5-2)53-72-63-61(59(68)58(67)60(75-63)62(69)70)74-57(66)51-48-45-42-38-34-21-18-15-12-9-6-3/h7-8,10-11,15-20,24-26,28-30,32,35-36,39-40,43-44,47,54,58-61,63,67-68H,4-6,9,12-14,21-23,27,31,33-34,37-38,41-42,45-46,48-53H2,1-3H3,(H,69,70)/b10-7-,11-8-,18-15-,19-16-,20-17-,26-24-,29-28-,30-25-,35-32-,39-36-,43-40-,47-44-. The maximum atomic E-state index is 13.1. The number of rotatable bonds is 44. The molecular formula is C63H94O12. The highest BCUT2D eigenvalue weighted by atomic mass is 16.7. The van der Waals surface area contributed by atoms with E-state index in [1.54, 1.807) is 6.08 Å². The third kappa shape index (κ3) is 39.7. The number of hydrogen-bond acceptors (Lipinski definition) is 11. The zero-order valence-electron chi connectivity index (χ0n) is 45.7. The minimum atomic E-state index is -1.93. The zero-order chi connectivity index (χ0) is 54.7. The average Bonchev–Trinajstić information content (AvgIpc) is 3.39. The van der Waals surface area contributed by atoms with Crippen LogP contribution < -0.4 is 0 Å². The molecule has 12 heteroatoms. The third-order valence-electron chi connectivity index (χ3n) is 11.4. The molecule has 1 aliphatic rings. The van der Waals surface area contributed by atoms with Crippen LogP contribution in [0.2, 0.25) is 0 Å². The molecule has 0 aliphatic carbocycles. The lowest BCUT2D eigenvalue weighted by Crippen LogP contribution is -2.61. The fourth-order valence-electron chi connectivity index (χ4n) is 7.21. The van der Waals surface area contributed by atoms with Gasteiger partial charge in [0, 0.05) is 12.8 Å². The molecule has 1 fully saturated rings. The molecule has 1 rings (SSSR count). The molecule has 1 heterocycles. The summed E-state index contributed by atoms with van der Waals surface area (Å²) < 4.78 is 28.1. The number of carbonyl (C=O) groups excluding carboxylic acids is 3. The number of carbonyl (C=O) groups is 4. The van der Waals surface area contributed by atoms with Gasteiger partial charge in [0.25, 0.3) is 0 Å². The van der Waals surface area contributed by atoms with Crippen LogP contribution in [-0.4, -0.2) is 89.2 Å². The van der Waals surface area contributed by atoms with Crippen molar-refractivity contribution in [2.75, 3.05) is 13.2 Å². The maximum absolute atomic E-state index is 13.1. The van der Waals surface area contributed by atoms with E-state index in [4.69, 9.17) is 23.7 Å². The Morgan fingerprint density at radius 2 is 0.907 bits per heavy atom. The molecule has 6 atom stereocenters. The van der Waals surface area contributed by atoms with Crippen molar-refractivity contribution in [1.29, 1.82) is 0 Å². The summed E-state index contributed by atoms with van der Waals surface area (Å²) in [6, 6.07) is 0. The molecule has 0 bridgehead atoms. The Bertz CT molecular complexity index is 1860. The number of hydrogen-bond donors (Lipinski definition) is 3. The van der Waals surface area contributed by atoms with Crippen molar-refractivity contribution in [1.82, 2.24) is 0 Å². The molecule has 0 aromatic rings. The molecule has 0 saturated carbocycles. The molecule has 0 amide bonds. The van der Waals surface area contributed by atoms with Gasteiger partial charge in [-0.05, 0) is 103 Å². The lowest BCUT2D eigenvalue weighted by Gasteiger charge is -2.40. The van der Waals surface area contributed by atoms with Gasteiger partial charge in [0.2, 0.25) is 0 Å². The van der Waals surface area contributed by atoms with Crippen LogP contribution >= 0.6 is 0 Å². The minimum Gasteiger partial charge on any atom is -0.479 e. The van der Waals surface area contributed by atoms with Crippen molar-refractivity contribution < 1.29 is 58.2 Å². The highest BCUT2D eigenvalue weighted by Crippen LogP contribution is 2.26. The van der Waals surface area contributed by atoms with Gasteiger partial charge in [0.05, 0.1) is 13.0 Å². The smallest absolute Gasteiger partial charge is 0.335 e. The number of aliphatic hydroxyl groups is 2. The van der Waals surface area contributed by atoms with Crippen LogP contribution in [0.25, 0.3) is 0 Å². The van der Waals surface area contributed by atoms with Crippen LogP contribution in [0.1, 0.15) is 175 Å². The molecule has 0 spiro atoms. The first kappa shape index (κ1) is 67.6. The highest BCUT2D eigenvalue weighted by Gasteiger charge is 2.50. The number of carboxylic acids is 1. The monoisotopic (exact) mass is 1040 g/mol. The number of unbranched alkanes of at least 4 members (excludes halogenated alkanes) is 7. The largest absolute Gasteiger partial charge is 0.479 e. The average molecular weight is 1040 g/mol. The van der Waals surface area contributed by atoms with E-state index in [1.807, 2.05) is 30.4 Å². The number of aliphatic hydroxyl groups excluding tert-OH is 2. The van der Waals surface area contributed by atoms with Crippen LogP contribution in [-0.2, 0) is 42.9 Å². The number of ether oxygens (including phenoxy) is 5. The quantitative estimate of drug-likeness (QED) is 0.0228. The van der Waals surface area contributed by atoms with Gasteiger partial charge >= 0.3 is 23.9 Å². The van der Waals surface area contributed by atoms with Gasteiger partial charge in [-0.15, -0.1) is 0 Å². The van der Waals surface area contributed by atoms with Gasteiger partial charge in [-0.3, -0.25) is 14.4 Å². The van der Waals surface area contributed by atoms with Gasteiger partial charge in [0.15, 0.2) is 24.6 Å². The maximum Gasteiger partial charge on any atom is 0.335 e. The van der Waals surface area contributed by atoms with E-state index >= 15 is 0 Å². The van der Waals surface area contributed by atoms with Crippen LogP contribution in [0.4, 0.5) is 0 Å². The summed E-state index contributed by atoms with van der Waals surface area (Å²) in [4.78, 5) is 50.9. The van der Waals surface area contributed by atoms with Crippen LogP contribution in [0.5, 0.6) is 0 Å². The van der Waals surface area contributed by atoms with Crippen molar-refractivity contribution in [3.05, 3.63) is 146 Å². The number of carboxylic acid groups (broad SMARTS) is 1. The summed E-state index contributed by atoms with van der Waals surface area (Å²) in [5.41, 5.74) is 0. The van der Waals surface area contributed by atoms with E-state index < -0.39 is 73.9 Å². The molecular weight excluding hydrogens is 949 g/mol. The van der Waals surface area contributed by atoms with E-state index in [9.17, 15) is 34.5 Å². The fraction of sp³-hybridized carbons (Fsp3) is 0.556. The second-order valence-electron chi connectivity index (χ2n) is 18.1. The van der Waals surface area contributed by atoms with E-state index in [0.29, 0.717) is 25.7 Å². The Labute approximate surface area is 451 Å². The van der Waals surface area contributed by atoms with Crippen molar-refractivity contribution in [3.8, 4) is 0 Å². The van der Waals surface area contributed by atoms with Gasteiger partial charge in [-0.2, -0.15) is 0 Å². The fourth-order valence-corrected chi connectivity index (χ4v) is 7.21. The van der Waals surface area contributed by atoms with Gasteiger partial charge in [-0.25, -0.2) is 4.79 Å². The lowest BCUT2D eigenvalue weighted by atomic mass is 9.98. The van der Waals surface area contributed by atoms with E-state index in [-0.39, 0.29) is 19.3 Å². The number of aliphatic carboxylic acids is 1. The van der Waals surface area contributed by atoms with Crippen molar-refractivity contribution in [3.63, 3.8) is 0 Å². The summed E-state index contributed by atoms with van der Waals surface area (Å²) in [7, 11) is 0.